The molecule has 14 heteroatoms. The summed E-state index contributed by atoms with van der Waals surface area (Å²) in [6, 6.07) is 3.29. The normalized spacial score (nSPS) is 13.6. The number of amides is 1. The van der Waals surface area contributed by atoms with Crippen molar-refractivity contribution in [3.63, 3.8) is 0 Å². The van der Waals surface area contributed by atoms with Crippen LogP contribution in [0.4, 0.5) is 35.1 Å². The van der Waals surface area contributed by atoms with Gasteiger partial charge in [-0.05, 0) is 35.9 Å². The molecule has 0 spiro atoms. The van der Waals surface area contributed by atoms with E-state index in [1.807, 2.05) is 0 Å². The van der Waals surface area contributed by atoms with Gasteiger partial charge in [0.25, 0.3) is 5.91 Å². The van der Waals surface area contributed by atoms with E-state index >= 15 is 0 Å². The summed E-state index contributed by atoms with van der Waals surface area (Å²) in [4.78, 5) is 12.2. The second-order valence-electron chi connectivity index (χ2n) is 7.15. The maximum absolute atomic E-state index is 14.9. The fourth-order valence-electron chi connectivity index (χ4n) is 2.99. The summed E-state index contributed by atoms with van der Waals surface area (Å²) in [5, 5.41) is 1.34. The molecule has 0 radical (unpaired) electrons. The summed E-state index contributed by atoms with van der Waals surface area (Å²) in [7, 11) is 0. The molecule has 0 saturated carbocycles. The van der Waals surface area contributed by atoms with Crippen molar-refractivity contribution in [2.75, 3.05) is 24.7 Å². The Labute approximate surface area is 220 Å². The van der Waals surface area contributed by atoms with Crippen molar-refractivity contribution in [2.24, 2.45) is 0 Å². The van der Waals surface area contributed by atoms with Crippen LogP contribution in [0.15, 0.2) is 36.4 Å². The fourth-order valence-corrected chi connectivity index (χ4v) is 4.16. The highest BCUT2D eigenvalue weighted by Gasteiger charge is 2.41. The first-order valence-corrected chi connectivity index (χ1v) is 12.2. The average molecular weight is 601 g/mol. The van der Waals surface area contributed by atoms with Gasteiger partial charge < -0.3 is 5.32 Å². The van der Waals surface area contributed by atoms with Crippen LogP contribution in [-0.4, -0.2) is 36.8 Å². The highest BCUT2D eigenvalue weighted by atomic mass is 35.5. The number of allylic oxidation sites excluding steroid dienone is 1. The molecular weight excluding hydrogens is 585 g/mol. The number of nitrogens with one attached hydrogen (secondary N) is 1. The fraction of sp³-hybridized carbons (Fsp3) is 0.318. The minimum absolute atomic E-state index is 0.0592. The summed E-state index contributed by atoms with van der Waals surface area (Å²) < 4.78 is 109. The van der Waals surface area contributed by atoms with Crippen LogP contribution < -0.4 is 5.32 Å². The van der Waals surface area contributed by atoms with Crippen molar-refractivity contribution in [2.45, 2.75) is 18.3 Å². The summed E-state index contributed by atoms with van der Waals surface area (Å²) in [5.74, 6) is -4.98. The lowest BCUT2D eigenvalue weighted by atomic mass is 9.95. The summed E-state index contributed by atoms with van der Waals surface area (Å²) >= 11 is 18.4. The standard InChI is InChI=1S/C22H16Cl3F8NOS/c23-16-8-12(9-17(24)19(16)25)14(21(28,29)30)10-18(27)11-1-2-13(15(7-11)22(31,32)33)20(35)34-4-6-36-5-3-26/h1-2,7-10,14H,3-6H2,(H,34,35). The van der Waals surface area contributed by atoms with Crippen molar-refractivity contribution >= 4 is 58.3 Å². The minimum atomic E-state index is -5.12. The number of hydrogen-bond donors (Lipinski definition) is 1. The summed E-state index contributed by atoms with van der Waals surface area (Å²) in [5.41, 5.74) is -3.82. The number of rotatable bonds is 9. The second-order valence-corrected chi connectivity index (χ2v) is 9.56. The van der Waals surface area contributed by atoms with E-state index in [0.29, 0.717) is 6.07 Å². The van der Waals surface area contributed by atoms with Crippen LogP contribution in [0.5, 0.6) is 0 Å². The molecule has 2 aromatic rings. The number of thioether (sulfide) groups is 1. The van der Waals surface area contributed by atoms with Gasteiger partial charge in [-0.25, -0.2) is 4.39 Å². The summed E-state index contributed by atoms with van der Waals surface area (Å²) in [6.07, 6.45) is -10.1. The monoisotopic (exact) mass is 599 g/mol. The highest BCUT2D eigenvalue weighted by Crippen LogP contribution is 2.42. The molecule has 0 aliphatic heterocycles. The third-order valence-corrected chi connectivity index (χ3v) is 6.76. The predicted molar refractivity (Wildman–Crippen MR) is 126 cm³/mol. The van der Waals surface area contributed by atoms with Gasteiger partial charge in [0, 0.05) is 23.6 Å². The quantitative estimate of drug-likeness (QED) is 0.177. The van der Waals surface area contributed by atoms with Gasteiger partial charge in [0.1, 0.15) is 11.7 Å². The largest absolute Gasteiger partial charge is 0.417 e. The van der Waals surface area contributed by atoms with Crippen LogP contribution in [0, 0.1) is 0 Å². The third-order valence-electron chi connectivity index (χ3n) is 4.63. The molecular formula is C22H16Cl3F8NOS. The lowest BCUT2D eigenvalue weighted by molar-refractivity contribution is -0.140. The molecule has 0 aliphatic carbocycles. The minimum Gasteiger partial charge on any atom is -0.351 e. The molecule has 0 aliphatic rings. The lowest BCUT2D eigenvalue weighted by Gasteiger charge is -2.19. The third kappa shape index (κ3) is 8.16. The smallest absolute Gasteiger partial charge is 0.351 e. The molecule has 2 aromatic carbocycles. The van der Waals surface area contributed by atoms with Crippen molar-refractivity contribution < 1.29 is 39.9 Å². The van der Waals surface area contributed by atoms with Gasteiger partial charge in [-0.3, -0.25) is 9.18 Å². The molecule has 198 valence electrons. The number of alkyl halides is 7. The summed E-state index contributed by atoms with van der Waals surface area (Å²) in [6.45, 7) is -0.666. The Morgan fingerprint density at radius 2 is 1.61 bits per heavy atom. The van der Waals surface area contributed by atoms with E-state index in [-0.39, 0.29) is 45.3 Å². The number of carbonyl (C=O) groups is 1. The predicted octanol–water partition coefficient (Wildman–Crippen LogP) is 8.75. The first kappa shape index (κ1) is 30.5. The maximum Gasteiger partial charge on any atom is 0.417 e. The first-order valence-electron chi connectivity index (χ1n) is 9.88. The van der Waals surface area contributed by atoms with Gasteiger partial charge in [-0.2, -0.15) is 38.1 Å². The van der Waals surface area contributed by atoms with E-state index in [1.54, 1.807) is 0 Å². The van der Waals surface area contributed by atoms with Crippen molar-refractivity contribution in [1.29, 1.82) is 0 Å². The Bertz CT molecular complexity index is 1100. The van der Waals surface area contributed by atoms with Crippen LogP contribution in [0.2, 0.25) is 15.1 Å². The first-order chi connectivity index (χ1) is 16.7. The van der Waals surface area contributed by atoms with Gasteiger partial charge in [0.2, 0.25) is 0 Å². The molecule has 1 unspecified atom stereocenters. The van der Waals surface area contributed by atoms with Crippen LogP contribution >= 0.6 is 46.6 Å². The SMILES string of the molecule is O=C(NCCSCCF)c1ccc(C(F)=CC(c2cc(Cl)c(Cl)c(Cl)c2)C(F)(F)F)cc1C(F)(F)F. The van der Waals surface area contributed by atoms with Crippen LogP contribution in [0.25, 0.3) is 5.83 Å². The van der Waals surface area contributed by atoms with Crippen molar-refractivity contribution in [3.05, 3.63) is 73.7 Å². The van der Waals surface area contributed by atoms with E-state index in [2.05, 4.69) is 5.32 Å². The topological polar surface area (TPSA) is 29.1 Å². The van der Waals surface area contributed by atoms with E-state index < -0.39 is 58.9 Å². The zero-order valence-electron chi connectivity index (χ0n) is 17.8. The Balaban J connectivity index is 2.44. The molecule has 0 heterocycles. The number of halogens is 11. The zero-order chi connectivity index (χ0) is 27.3. The number of benzene rings is 2. The molecule has 0 aromatic heterocycles. The van der Waals surface area contributed by atoms with Gasteiger partial charge in [0.15, 0.2) is 0 Å². The molecule has 0 fully saturated rings. The molecule has 1 N–H and O–H groups in total. The van der Waals surface area contributed by atoms with Gasteiger partial charge in [-0.1, -0.05) is 40.9 Å². The lowest BCUT2D eigenvalue weighted by Crippen LogP contribution is -2.28. The average Bonchev–Trinajstić information content (AvgIpc) is 2.78. The molecule has 2 nitrogen and oxygen atoms in total. The van der Waals surface area contributed by atoms with Crippen molar-refractivity contribution in [1.82, 2.24) is 5.32 Å². The van der Waals surface area contributed by atoms with Crippen molar-refractivity contribution in [3.8, 4) is 0 Å². The van der Waals surface area contributed by atoms with Crippen LogP contribution in [0.1, 0.15) is 33.0 Å². The van der Waals surface area contributed by atoms with E-state index in [9.17, 15) is 39.9 Å². The highest BCUT2D eigenvalue weighted by molar-refractivity contribution is 7.99. The molecule has 2 rings (SSSR count). The maximum atomic E-state index is 14.9. The Kier molecular flexibility index (Phi) is 10.8. The number of hydrogen-bond acceptors (Lipinski definition) is 2. The van der Waals surface area contributed by atoms with Gasteiger partial charge in [0.05, 0.1) is 32.9 Å². The second kappa shape index (κ2) is 12.7. The zero-order valence-corrected chi connectivity index (χ0v) is 20.9. The van der Waals surface area contributed by atoms with E-state index in [4.69, 9.17) is 34.8 Å². The van der Waals surface area contributed by atoms with Crippen LogP contribution in [0.3, 0.4) is 0 Å². The van der Waals surface area contributed by atoms with Crippen LogP contribution in [-0.2, 0) is 6.18 Å². The molecule has 0 bridgehead atoms. The Morgan fingerprint density at radius 3 is 2.14 bits per heavy atom. The van der Waals surface area contributed by atoms with Gasteiger partial charge in [-0.15, -0.1) is 0 Å². The molecule has 1 atom stereocenters. The Morgan fingerprint density at radius 1 is 1.00 bits per heavy atom. The molecule has 0 saturated heterocycles. The van der Waals surface area contributed by atoms with E-state index in [0.717, 1.165) is 30.0 Å². The number of carbonyl (C=O) groups excluding carboxylic acids is 1. The molecule has 36 heavy (non-hydrogen) atoms. The van der Waals surface area contributed by atoms with E-state index in [1.165, 1.54) is 0 Å². The Hall–Kier alpha value is -1.69. The molecule has 1 amide bonds. The van der Waals surface area contributed by atoms with Gasteiger partial charge >= 0.3 is 12.4 Å².